The number of carbonyl (C=O) groups excluding carboxylic acids is 1. The number of ether oxygens (including phenoxy) is 1. The molecule has 0 unspecified atom stereocenters. The van der Waals surface area contributed by atoms with Crippen LogP contribution < -0.4 is 4.74 Å². The normalized spacial score (nSPS) is 18.9. The highest BCUT2D eigenvalue weighted by Crippen LogP contribution is 2.37. The van der Waals surface area contributed by atoms with Gasteiger partial charge in [-0.3, -0.25) is 0 Å². The van der Waals surface area contributed by atoms with Crippen LogP contribution in [0.2, 0.25) is 0 Å². The van der Waals surface area contributed by atoms with E-state index in [0.717, 1.165) is 25.2 Å². The van der Waals surface area contributed by atoms with Gasteiger partial charge in [0.1, 0.15) is 5.75 Å². The molecule has 1 aliphatic rings. The van der Waals surface area contributed by atoms with E-state index >= 15 is 0 Å². The molecular weight excluding hydrogens is 356 g/mol. The quantitative estimate of drug-likeness (QED) is 0.192. The second-order valence-electron chi connectivity index (χ2n) is 8.34. The molecule has 0 saturated heterocycles. The molecule has 0 heterocycles. The van der Waals surface area contributed by atoms with E-state index in [1.165, 1.54) is 49.7 Å². The largest absolute Gasteiger partial charge is 0.423 e. The van der Waals surface area contributed by atoms with Crippen molar-refractivity contribution >= 4 is 5.97 Å². The lowest BCUT2D eigenvalue weighted by atomic mass is 9.77. The number of rotatable bonds is 9. The lowest BCUT2D eigenvalue weighted by molar-refractivity contribution is 0.0734. The fraction of sp³-hybridized carbons (Fsp3) is 0.444. The Morgan fingerprint density at radius 1 is 1.03 bits per heavy atom. The van der Waals surface area contributed by atoms with Crippen molar-refractivity contribution in [2.24, 2.45) is 5.92 Å². The summed E-state index contributed by atoms with van der Waals surface area (Å²) in [6.07, 6.45) is 13.1. The molecule has 1 fully saturated rings. The molecule has 0 aliphatic heterocycles. The summed E-state index contributed by atoms with van der Waals surface area (Å²) in [6, 6.07) is 15.9. The fourth-order valence-electron chi connectivity index (χ4n) is 4.41. The van der Waals surface area contributed by atoms with Crippen LogP contribution in [0.15, 0.2) is 61.2 Å². The van der Waals surface area contributed by atoms with Gasteiger partial charge in [0.25, 0.3) is 0 Å². The molecule has 0 amide bonds. The third-order valence-electron chi connectivity index (χ3n) is 6.16. The zero-order valence-electron chi connectivity index (χ0n) is 17.7. The number of unbranched alkanes of at least 4 members (excludes halogenated alkanes) is 1. The van der Waals surface area contributed by atoms with Crippen LogP contribution in [0.3, 0.4) is 0 Å². The lowest BCUT2D eigenvalue weighted by Crippen LogP contribution is -2.14. The molecule has 0 aromatic heterocycles. The smallest absolute Gasteiger partial charge is 0.343 e. The summed E-state index contributed by atoms with van der Waals surface area (Å²) in [4.78, 5) is 12.5. The highest BCUT2D eigenvalue weighted by molar-refractivity contribution is 5.91. The molecule has 3 rings (SSSR count). The number of benzene rings is 2. The Hall–Kier alpha value is -2.35. The van der Waals surface area contributed by atoms with Gasteiger partial charge in [0, 0.05) is 0 Å². The van der Waals surface area contributed by atoms with Crippen molar-refractivity contribution < 1.29 is 9.53 Å². The fourth-order valence-corrected chi connectivity index (χ4v) is 4.41. The monoisotopic (exact) mass is 390 g/mol. The molecule has 0 spiro atoms. The van der Waals surface area contributed by atoms with Gasteiger partial charge in [-0.2, -0.15) is 0 Å². The van der Waals surface area contributed by atoms with E-state index in [4.69, 9.17) is 4.74 Å². The maximum Gasteiger partial charge on any atom is 0.343 e. The van der Waals surface area contributed by atoms with Crippen LogP contribution in [0.5, 0.6) is 5.75 Å². The summed E-state index contributed by atoms with van der Waals surface area (Å²) < 4.78 is 5.53. The van der Waals surface area contributed by atoms with E-state index in [9.17, 15) is 4.79 Å². The van der Waals surface area contributed by atoms with Gasteiger partial charge in [-0.1, -0.05) is 50.1 Å². The molecule has 0 atom stereocenters. The minimum atomic E-state index is -0.286. The minimum absolute atomic E-state index is 0.286. The molecule has 154 valence electrons. The molecule has 0 N–H and O–H groups in total. The molecular formula is C27H34O2. The first kappa shape index (κ1) is 21.4. The van der Waals surface area contributed by atoms with Gasteiger partial charge >= 0.3 is 5.97 Å². The Balaban J connectivity index is 1.50. The van der Waals surface area contributed by atoms with Gasteiger partial charge in [0.2, 0.25) is 0 Å². The van der Waals surface area contributed by atoms with Crippen LogP contribution in [-0.2, 0) is 6.42 Å². The molecule has 2 nitrogen and oxygen atoms in total. The highest BCUT2D eigenvalue weighted by atomic mass is 16.5. The van der Waals surface area contributed by atoms with Gasteiger partial charge in [-0.25, -0.2) is 4.79 Å². The van der Waals surface area contributed by atoms with Crippen molar-refractivity contribution in [1.29, 1.82) is 0 Å². The molecule has 0 radical (unpaired) electrons. The second-order valence-corrected chi connectivity index (χ2v) is 8.34. The van der Waals surface area contributed by atoms with Crippen LogP contribution in [0.4, 0.5) is 0 Å². The first-order valence-corrected chi connectivity index (χ1v) is 11.2. The van der Waals surface area contributed by atoms with Gasteiger partial charge in [0.15, 0.2) is 0 Å². The number of carbonyl (C=O) groups is 1. The third-order valence-corrected chi connectivity index (χ3v) is 6.16. The lowest BCUT2D eigenvalue weighted by Gasteiger charge is -2.28. The van der Waals surface area contributed by atoms with E-state index in [-0.39, 0.29) is 5.97 Å². The van der Waals surface area contributed by atoms with Crippen molar-refractivity contribution in [2.75, 3.05) is 0 Å². The number of aryl methyl sites for hydroxylation is 1. The first-order chi connectivity index (χ1) is 14.2. The van der Waals surface area contributed by atoms with E-state index in [1.54, 1.807) is 0 Å². The van der Waals surface area contributed by atoms with Gasteiger partial charge in [-0.15, -0.1) is 6.58 Å². The topological polar surface area (TPSA) is 26.3 Å². The van der Waals surface area contributed by atoms with E-state index in [0.29, 0.717) is 17.2 Å². The first-order valence-electron chi connectivity index (χ1n) is 11.2. The maximum absolute atomic E-state index is 12.5. The van der Waals surface area contributed by atoms with Crippen molar-refractivity contribution in [2.45, 2.75) is 70.6 Å². The Labute approximate surface area is 176 Å². The standard InChI is InChI=1S/C27H34O2/c1-3-5-6-8-22-9-13-23(14-10-22)24-15-17-25(18-16-24)27(28)29-26-19-11-21(7-4-2)12-20-26/h3,11-12,15-20,22-23H,1,4-10,13-14H2,2H3/t22-,23-. The Bertz CT molecular complexity index is 765. The molecule has 0 bridgehead atoms. The van der Waals surface area contributed by atoms with Crippen molar-refractivity contribution in [1.82, 2.24) is 0 Å². The van der Waals surface area contributed by atoms with Crippen molar-refractivity contribution in [3.63, 3.8) is 0 Å². The Morgan fingerprint density at radius 2 is 1.72 bits per heavy atom. The summed E-state index contributed by atoms with van der Waals surface area (Å²) in [5, 5.41) is 0. The zero-order valence-corrected chi connectivity index (χ0v) is 17.7. The average molecular weight is 391 g/mol. The van der Waals surface area contributed by atoms with Gasteiger partial charge in [-0.05, 0) is 92.2 Å². The molecule has 1 aliphatic carbocycles. The van der Waals surface area contributed by atoms with Crippen LogP contribution in [-0.4, -0.2) is 5.97 Å². The second kappa shape index (κ2) is 11.0. The number of hydrogen-bond donors (Lipinski definition) is 0. The molecule has 1 saturated carbocycles. The van der Waals surface area contributed by atoms with Crippen LogP contribution in [0.1, 0.15) is 85.7 Å². The van der Waals surface area contributed by atoms with E-state index < -0.39 is 0 Å². The number of esters is 1. The predicted molar refractivity (Wildman–Crippen MR) is 121 cm³/mol. The highest BCUT2D eigenvalue weighted by Gasteiger charge is 2.22. The SMILES string of the molecule is C=CCCC[C@H]1CC[C@H](c2ccc(C(=O)Oc3ccc(CCC)cc3)cc2)CC1. The molecule has 2 aromatic rings. The van der Waals surface area contributed by atoms with Crippen molar-refractivity contribution in [3.8, 4) is 5.75 Å². The number of hydrogen-bond acceptors (Lipinski definition) is 2. The summed E-state index contributed by atoms with van der Waals surface area (Å²) in [5.74, 6) is 1.82. The van der Waals surface area contributed by atoms with Gasteiger partial charge in [0.05, 0.1) is 5.56 Å². The Kier molecular flexibility index (Phi) is 8.10. The summed E-state index contributed by atoms with van der Waals surface area (Å²) in [5.41, 5.74) is 3.24. The van der Waals surface area contributed by atoms with Crippen molar-refractivity contribution in [3.05, 3.63) is 77.9 Å². The minimum Gasteiger partial charge on any atom is -0.423 e. The predicted octanol–water partition coefficient (Wildman–Crippen LogP) is 7.49. The molecule has 2 aromatic carbocycles. The maximum atomic E-state index is 12.5. The third kappa shape index (κ3) is 6.32. The molecule has 2 heteroatoms. The summed E-state index contributed by atoms with van der Waals surface area (Å²) >= 11 is 0. The Morgan fingerprint density at radius 3 is 2.34 bits per heavy atom. The van der Waals surface area contributed by atoms with Crippen LogP contribution in [0, 0.1) is 5.92 Å². The zero-order chi connectivity index (χ0) is 20.5. The summed E-state index contributed by atoms with van der Waals surface area (Å²) in [6.45, 7) is 5.98. The van der Waals surface area contributed by atoms with E-state index in [2.05, 4.69) is 25.6 Å². The van der Waals surface area contributed by atoms with Gasteiger partial charge < -0.3 is 4.74 Å². The molecule has 29 heavy (non-hydrogen) atoms. The van der Waals surface area contributed by atoms with Crippen LogP contribution in [0.25, 0.3) is 0 Å². The van der Waals surface area contributed by atoms with E-state index in [1.807, 2.05) is 42.5 Å². The number of allylic oxidation sites excluding steroid dienone is 1. The summed E-state index contributed by atoms with van der Waals surface area (Å²) in [7, 11) is 0. The average Bonchev–Trinajstić information content (AvgIpc) is 2.76. The van der Waals surface area contributed by atoms with Crippen LogP contribution >= 0.6 is 0 Å².